The van der Waals surface area contributed by atoms with Crippen LogP contribution < -0.4 is 0 Å². The normalized spacial score (nSPS) is 22.1. The molecule has 21 heavy (non-hydrogen) atoms. The van der Waals surface area contributed by atoms with Crippen LogP contribution in [0.1, 0.15) is 52.9 Å². The zero-order chi connectivity index (χ0) is 15.2. The summed E-state index contributed by atoms with van der Waals surface area (Å²) < 4.78 is 0. The number of hydrogen-bond donors (Lipinski definition) is 0. The van der Waals surface area contributed by atoms with E-state index in [1.807, 2.05) is 0 Å². The van der Waals surface area contributed by atoms with Crippen molar-refractivity contribution in [3.05, 3.63) is 35.5 Å². The third-order valence-electron chi connectivity index (χ3n) is 4.20. The second-order valence-electron chi connectivity index (χ2n) is 6.69. The van der Waals surface area contributed by atoms with Crippen molar-refractivity contribution in [2.45, 2.75) is 52.9 Å². The molecule has 0 radical (unpaired) electrons. The fraction of sp³-hybridized carbons (Fsp3) is 0.632. The zero-order valence-corrected chi connectivity index (χ0v) is 13.8. The fourth-order valence-corrected chi connectivity index (χ4v) is 2.85. The van der Waals surface area contributed by atoms with Crippen molar-refractivity contribution in [1.29, 1.82) is 0 Å². The predicted molar refractivity (Wildman–Crippen MR) is 89.0 cm³/mol. The SMILES string of the molecule is CCCCN(C/C(C)=C\C1=CC=CC(C)C1)C(=O)C1CC1. The van der Waals surface area contributed by atoms with E-state index in [9.17, 15) is 4.79 Å². The minimum Gasteiger partial charge on any atom is -0.338 e. The Morgan fingerprint density at radius 1 is 1.43 bits per heavy atom. The summed E-state index contributed by atoms with van der Waals surface area (Å²) in [6.45, 7) is 8.29. The largest absolute Gasteiger partial charge is 0.338 e. The number of hydrogen-bond acceptors (Lipinski definition) is 1. The highest BCUT2D eigenvalue weighted by Crippen LogP contribution is 2.31. The molecular formula is C19H29NO. The molecule has 2 heteroatoms. The van der Waals surface area contributed by atoms with Gasteiger partial charge in [0.2, 0.25) is 5.91 Å². The summed E-state index contributed by atoms with van der Waals surface area (Å²) in [6, 6.07) is 0. The van der Waals surface area contributed by atoms with Crippen LogP contribution in [-0.2, 0) is 4.79 Å². The average Bonchev–Trinajstić information content (AvgIpc) is 3.27. The van der Waals surface area contributed by atoms with Gasteiger partial charge in [-0.15, -0.1) is 0 Å². The van der Waals surface area contributed by atoms with Crippen molar-refractivity contribution in [2.24, 2.45) is 11.8 Å². The van der Waals surface area contributed by atoms with E-state index >= 15 is 0 Å². The maximum Gasteiger partial charge on any atom is 0.225 e. The van der Waals surface area contributed by atoms with Gasteiger partial charge >= 0.3 is 0 Å². The van der Waals surface area contributed by atoms with Gasteiger partial charge in [-0.1, -0.05) is 50.1 Å². The Bertz CT molecular complexity index is 454. The van der Waals surface area contributed by atoms with E-state index in [1.54, 1.807) is 0 Å². The highest BCUT2D eigenvalue weighted by Gasteiger charge is 2.33. The van der Waals surface area contributed by atoms with Crippen LogP contribution in [0.15, 0.2) is 35.5 Å². The summed E-state index contributed by atoms with van der Waals surface area (Å²) >= 11 is 0. The first-order chi connectivity index (χ1) is 10.1. The number of rotatable bonds is 7. The fourth-order valence-electron chi connectivity index (χ4n) is 2.85. The molecule has 1 fully saturated rings. The van der Waals surface area contributed by atoms with Crippen LogP contribution in [0.3, 0.4) is 0 Å². The molecular weight excluding hydrogens is 258 g/mol. The lowest BCUT2D eigenvalue weighted by molar-refractivity contribution is -0.132. The Labute approximate surface area is 129 Å². The minimum absolute atomic E-state index is 0.325. The molecule has 1 saturated carbocycles. The van der Waals surface area contributed by atoms with Crippen LogP contribution >= 0.6 is 0 Å². The Kier molecular flexibility index (Phi) is 5.84. The molecule has 0 heterocycles. The van der Waals surface area contributed by atoms with Crippen molar-refractivity contribution in [3.63, 3.8) is 0 Å². The van der Waals surface area contributed by atoms with Gasteiger partial charge in [-0.2, -0.15) is 0 Å². The Hall–Kier alpha value is -1.31. The molecule has 116 valence electrons. The van der Waals surface area contributed by atoms with Gasteiger partial charge in [-0.05, 0) is 44.1 Å². The Balaban J connectivity index is 1.96. The summed E-state index contributed by atoms with van der Waals surface area (Å²) in [5, 5.41) is 0. The number of carbonyl (C=O) groups is 1. The van der Waals surface area contributed by atoms with Gasteiger partial charge in [0.15, 0.2) is 0 Å². The van der Waals surface area contributed by atoms with E-state index in [1.165, 1.54) is 11.1 Å². The van der Waals surface area contributed by atoms with Gasteiger partial charge in [0, 0.05) is 19.0 Å². The number of amides is 1. The minimum atomic E-state index is 0.325. The maximum atomic E-state index is 12.4. The number of nitrogens with zero attached hydrogens (tertiary/aromatic N) is 1. The van der Waals surface area contributed by atoms with Gasteiger partial charge in [0.25, 0.3) is 0 Å². The average molecular weight is 287 g/mol. The third-order valence-corrected chi connectivity index (χ3v) is 4.20. The van der Waals surface area contributed by atoms with E-state index in [2.05, 4.69) is 50.0 Å². The van der Waals surface area contributed by atoms with Gasteiger partial charge in [0.1, 0.15) is 0 Å². The molecule has 0 saturated heterocycles. The first-order valence-corrected chi connectivity index (χ1v) is 8.43. The summed E-state index contributed by atoms with van der Waals surface area (Å²) in [7, 11) is 0. The van der Waals surface area contributed by atoms with Crippen LogP contribution in [0, 0.1) is 11.8 Å². The molecule has 0 N–H and O–H groups in total. The highest BCUT2D eigenvalue weighted by atomic mass is 16.2. The number of unbranched alkanes of at least 4 members (excludes halogenated alkanes) is 1. The third kappa shape index (κ3) is 5.18. The molecule has 1 amide bonds. The Morgan fingerprint density at radius 3 is 2.81 bits per heavy atom. The lowest BCUT2D eigenvalue weighted by Gasteiger charge is -2.23. The van der Waals surface area contributed by atoms with E-state index < -0.39 is 0 Å². The van der Waals surface area contributed by atoms with Crippen molar-refractivity contribution in [1.82, 2.24) is 4.90 Å². The molecule has 1 unspecified atom stereocenters. The molecule has 1 atom stereocenters. The predicted octanol–water partition coefficient (Wildman–Crippen LogP) is 4.49. The zero-order valence-electron chi connectivity index (χ0n) is 13.8. The van der Waals surface area contributed by atoms with Crippen LogP contribution in [0.2, 0.25) is 0 Å². The molecule has 2 nitrogen and oxygen atoms in total. The second-order valence-corrected chi connectivity index (χ2v) is 6.69. The standard InChI is InChI=1S/C19H29NO/c1-4-5-11-20(19(21)18-9-10-18)14-16(3)13-17-8-6-7-15(2)12-17/h6-8,13,15,18H,4-5,9-12,14H2,1-3H3/b16-13-. The molecule has 2 aliphatic carbocycles. The first kappa shape index (κ1) is 16.1. The molecule has 0 bridgehead atoms. The number of allylic oxidation sites excluding steroid dienone is 5. The van der Waals surface area contributed by atoms with Gasteiger partial charge in [-0.3, -0.25) is 4.79 Å². The molecule has 2 aliphatic rings. The summed E-state index contributed by atoms with van der Waals surface area (Å²) in [5.74, 6) is 1.33. The van der Waals surface area contributed by atoms with Gasteiger partial charge in [0.05, 0.1) is 0 Å². The summed E-state index contributed by atoms with van der Waals surface area (Å²) in [6.07, 6.45) is 14.4. The lowest BCUT2D eigenvalue weighted by Crippen LogP contribution is -2.34. The summed E-state index contributed by atoms with van der Waals surface area (Å²) in [5.41, 5.74) is 2.69. The van der Waals surface area contributed by atoms with E-state index in [-0.39, 0.29) is 0 Å². The maximum absolute atomic E-state index is 12.4. The molecule has 0 aromatic rings. The Morgan fingerprint density at radius 2 is 2.19 bits per heavy atom. The topological polar surface area (TPSA) is 20.3 Å². The molecule has 2 rings (SSSR count). The summed E-state index contributed by atoms with van der Waals surface area (Å²) in [4.78, 5) is 14.4. The van der Waals surface area contributed by atoms with E-state index in [4.69, 9.17) is 0 Å². The second kappa shape index (κ2) is 7.63. The van der Waals surface area contributed by atoms with Crippen molar-refractivity contribution < 1.29 is 4.79 Å². The van der Waals surface area contributed by atoms with Gasteiger partial charge < -0.3 is 4.90 Å². The van der Waals surface area contributed by atoms with Crippen molar-refractivity contribution in [3.8, 4) is 0 Å². The van der Waals surface area contributed by atoms with Gasteiger partial charge in [-0.25, -0.2) is 0 Å². The highest BCUT2D eigenvalue weighted by molar-refractivity contribution is 5.81. The first-order valence-electron chi connectivity index (χ1n) is 8.43. The smallest absolute Gasteiger partial charge is 0.225 e. The van der Waals surface area contributed by atoms with Crippen molar-refractivity contribution >= 4 is 5.91 Å². The van der Waals surface area contributed by atoms with Crippen LogP contribution in [0.5, 0.6) is 0 Å². The molecule has 0 aromatic heterocycles. The molecule has 0 spiro atoms. The molecule has 0 aromatic carbocycles. The lowest BCUT2D eigenvalue weighted by atomic mass is 9.94. The monoisotopic (exact) mass is 287 g/mol. The van der Waals surface area contributed by atoms with Crippen LogP contribution in [0.4, 0.5) is 0 Å². The van der Waals surface area contributed by atoms with Crippen molar-refractivity contribution in [2.75, 3.05) is 13.1 Å². The quantitative estimate of drug-likeness (QED) is 0.675. The van der Waals surface area contributed by atoms with Crippen LogP contribution in [-0.4, -0.2) is 23.9 Å². The van der Waals surface area contributed by atoms with E-state index in [0.717, 1.165) is 45.2 Å². The molecule has 0 aliphatic heterocycles. The van der Waals surface area contributed by atoms with E-state index in [0.29, 0.717) is 17.7 Å². The van der Waals surface area contributed by atoms with Crippen LogP contribution in [0.25, 0.3) is 0 Å². The number of carbonyl (C=O) groups excluding carboxylic acids is 1.